The third-order valence-corrected chi connectivity index (χ3v) is 3.99. The van der Waals surface area contributed by atoms with Gasteiger partial charge in [0, 0.05) is 10.0 Å². The van der Waals surface area contributed by atoms with Crippen molar-refractivity contribution < 1.29 is 0 Å². The van der Waals surface area contributed by atoms with Crippen LogP contribution in [0.3, 0.4) is 0 Å². The van der Waals surface area contributed by atoms with E-state index in [1.165, 1.54) is 16.7 Å². The molecule has 0 saturated heterocycles. The Kier molecular flexibility index (Phi) is 3.45. The minimum absolute atomic E-state index is 1.04. The maximum Gasteiger partial charge on any atom is 0.0797 e. The van der Waals surface area contributed by atoms with Crippen LogP contribution in [0.25, 0.3) is 16.9 Å². The molecule has 20 heavy (non-hydrogen) atoms. The lowest BCUT2D eigenvalue weighted by molar-refractivity contribution is 0.882. The van der Waals surface area contributed by atoms with Crippen molar-refractivity contribution in [3.63, 3.8) is 0 Å². The molecule has 2 aromatic carbocycles. The first kappa shape index (κ1) is 13.1. The van der Waals surface area contributed by atoms with Gasteiger partial charge in [0.15, 0.2) is 0 Å². The number of halogens is 1. The summed E-state index contributed by atoms with van der Waals surface area (Å²) in [6.45, 7) is 4.18. The Bertz CT molecular complexity index is 742. The number of hydrogen-bond acceptors (Lipinski definition) is 1. The molecule has 1 aromatic heterocycles. The van der Waals surface area contributed by atoms with Crippen molar-refractivity contribution in [2.24, 2.45) is 0 Å². The van der Waals surface area contributed by atoms with Crippen LogP contribution in [0.1, 0.15) is 11.1 Å². The summed E-state index contributed by atoms with van der Waals surface area (Å²) in [7, 11) is 0. The number of aryl methyl sites for hydroxylation is 2. The van der Waals surface area contributed by atoms with E-state index < -0.39 is 0 Å². The van der Waals surface area contributed by atoms with Crippen molar-refractivity contribution in [1.29, 1.82) is 0 Å². The molecule has 0 fully saturated rings. The Hall–Kier alpha value is -1.87. The van der Waals surface area contributed by atoms with Crippen molar-refractivity contribution in [3.8, 4) is 16.9 Å². The molecule has 0 aliphatic rings. The molecule has 1 heterocycles. The Morgan fingerprint density at radius 2 is 1.60 bits per heavy atom. The van der Waals surface area contributed by atoms with Crippen molar-refractivity contribution in [1.82, 2.24) is 9.78 Å². The zero-order chi connectivity index (χ0) is 14.1. The molecule has 0 unspecified atom stereocenters. The smallest absolute Gasteiger partial charge is 0.0797 e. The summed E-state index contributed by atoms with van der Waals surface area (Å²) < 4.78 is 3.02. The Labute approximate surface area is 127 Å². The lowest BCUT2D eigenvalue weighted by Crippen LogP contribution is -2.00. The molecule has 0 amide bonds. The van der Waals surface area contributed by atoms with E-state index in [9.17, 15) is 0 Å². The SMILES string of the molecule is Cc1ccc(-c2ccnn2-c2cc(C)ccc2Br)cc1. The molecule has 0 saturated carbocycles. The van der Waals surface area contributed by atoms with E-state index >= 15 is 0 Å². The van der Waals surface area contributed by atoms with Gasteiger partial charge in [-0.3, -0.25) is 0 Å². The minimum atomic E-state index is 1.04. The van der Waals surface area contributed by atoms with Crippen LogP contribution >= 0.6 is 15.9 Å². The third-order valence-electron chi connectivity index (χ3n) is 3.32. The van der Waals surface area contributed by atoms with Gasteiger partial charge in [-0.2, -0.15) is 5.10 Å². The fourth-order valence-electron chi connectivity index (χ4n) is 2.22. The Morgan fingerprint density at radius 3 is 2.35 bits per heavy atom. The highest BCUT2D eigenvalue weighted by atomic mass is 79.9. The summed E-state index contributed by atoms with van der Waals surface area (Å²) in [6, 6.07) is 16.8. The van der Waals surface area contributed by atoms with Gasteiger partial charge in [0.1, 0.15) is 0 Å². The molecular weight excluding hydrogens is 312 g/mol. The van der Waals surface area contributed by atoms with Crippen molar-refractivity contribution in [2.75, 3.05) is 0 Å². The molecule has 0 radical (unpaired) electrons. The maximum absolute atomic E-state index is 4.47. The average Bonchev–Trinajstić information content (AvgIpc) is 2.91. The summed E-state index contributed by atoms with van der Waals surface area (Å²) in [5.41, 5.74) is 5.80. The van der Waals surface area contributed by atoms with E-state index in [-0.39, 0.29) is 0 Å². The fourth-order valence-corrected chi connectivity index (χ4v) is 2.64. The number of hydrogen-bond donors (Lipinski definition) is 0. The summed E-state index contributed by atoms with van der Waals surface area (Å²) >= 11 is 3.61. The largest absolute Gasteiger partial charge is 0.232 e. The monoisotopic (exact) mass is 326 g/mol. The van der Waals surface area contributed by atoms with Crippen LogP contribution in [0.5, 0.6) is 0 Å². The topological polar surface area (TPSA) is 17.8 Å². The van der Waals surface area contributed by atoms with Crippen LogP contribution in [0.2, 0.25) is 0 Å². The van der Waals surface area contributed by atoms with Crippen LogP contribution in [-0.4, -0.2) is 9.78 Å². The Morgan fingerprint density at radius 1 is 0.900 bits per heavy atom. The van der Waals surface area contributed by atoms with Crippen LogP contribution < -0.4 is 0 Å². The molecule has 0 spiro atoms. The first-order chi connectivity index (χ1) is 9.65. The van der Waals surface area contributed by atoms with E-state index in [1.54, 1.807) is 0 Å². The lowest BCUT2D eigenvalue weighted by atomic mass is 10.1. The summed E-state index contributed by atoms with van der Waals surface area (Å²) in [5.74, 6) is 0. The van der Waals surface area contributed by atoms with Crippen LogP contribution in [0.15, 0.2) is 59.2 Å². The normalized spacial score (nSPS) is 10.8. The van der Waals surface area contributed by atoms with E-state index in [0.29, 0.717) is 0 Å². The molecule has 3 heteroatoms. The van der Waals surface area contributed by atoms with Crippen LogP contribution in [0, 0.1) is 13.8 Å². The minimum Gasteiger partial charge on any atom is -0.232 e. The number of benzene rings is 2. The number of nitrogens with zero attached hydrogens (tertiary/aromatic N) is 2. The first-order valence-electron chi connectivity index (χ1n) is 6.53. The summed E-state index contributed by atoms with van der Waals surface area (Å²) in [5, 5.41) is 4.47. The maximum atomic E-state index is 4.47. The van der Waals surface area contributed by atoms with Gasteiger partial charge in [-0.05, 0) is 53.5 Å². The molecule has 0 N–H and O–H groups in total. The van der Waals surface area contributed by atoms with Crippen molar-refractivity contribution in [3.05, 3.63) is 70.3 Å². The highest BCUT2D eigenvalue weighted by Crippen LogP contribution is 2.27. The molecule has 0 atom stereocenters. The molecule has 0 bridgehead atoms. The standard InChI is InChI=1S/C17H15BrN2/c1-12-3-6-14(7-4-12)16-9-10-19-20(16)17-11-13(2)5-8-15(17)18/h3-11H,1-2H3. The van der Waals surface area contributed by atoms with Crippen LogP contribution in [0.4, 0.5) is 0 Å². The molecule has 0 aliphatic carbocycles. The quantitative estimate of drug-likeness (QED) is 0.653. The first-order valence-corrected chi connectivity index (χ1v) is 7.32. The van der Waals surface area contributed by atoms with Crippen LogP contribution in [-0.2, 0) is 0 Å². The second-order valence-corrected chi connectivity index (χ2v) is 5.80. The van der Waals surface area contributed by atoms with E-state index in [1.807, 2.05) is 16.9 Å². The highest BCUT2D eigenvalue weighted by Gasteiger charge is 2.10. The van der Waals surface area contributed by atoms with Gasteiger partial charge < -0.3 is 0 Å². The third kappa shape index (κ3) is 2.41. The van der Waals surface area contributed by atoms with Gasteiger partial charge in [-0.25, -0.2) is 4.68 Å². The van der Waals surface area contributed by atoms with E-state index in [0.717, 1.165) is 15.9 Å². The highest BCUT2D eigenvalue weighted by molar-refractivity contribution is 9.10. The molecule has 2 nitrogen and oxygen atoms in total. The zero-order valence-electron chi connectivity index (χ0n) is 11.5. The zero-order valence-corrected chi connectivity index (χ0v) is 13.1. The van der Waals surface area contributed by atoms with E-state index in [4.69, 9.17) is 0 Å². The average molecular weight is 327 g/mol. The lowest BCUT2D eigenvalue weighted by Gasteiger charge is -2.10. The molecule has 3 rings (SSSR count). The summed E-state index contributed by atoms with van der Waals surface area (Å²) in [4.78, 5) is 0. The van der Waals surface area contributed by atoms with Crippen molar-refractivity contribution in [2.45, 2.75) is 13.8 Å². The predicted octanol–water partition coefficient (Wildman–Crippen LogP) is 4.92. The predicted molar refractivity (Wildman–Crippen MR) is 86.2 cm³/mol. The molecule has 3 aromatic rings. The second-order valence-electron chi connectivity index (χ2n) is 4.95. The van der Waals surface area contributed by atoms with Gasteiger partial charge in [-0.1, -0.05) is 35.9 Å². The van der Waals surface area contributed by atoms with Crippen molar-refractivity contribution >= 4 is 15.9 Å². The van der Waals surface area contributed by atoms with Gasteiger partial charge in [0.05, 0.1) is 17.6 Å². The van der Waals surface area contributed by atoms with Gasteiger partial charge in [0.25, 0.3) is 0 Å². The molecule has 0 aliphatic heterocycles. The van der Waals surface area contributed by atoms with Gasteiger partial charge in [0.2, 0.25) is 0 Å². The number of aromatic nitrogens is 2. The van der Waals surface area contributed by atoms with E-state index in [2.05, 4.69) is 77.3 Å². The molecular formula is C17H15BrN2. The summed E-state index contributed by atoms with van der Waals surface area (Å²) in [6.07, 6.45) is 1.84. The Balaban J connectivity index is 2.15. The fraction of sp³-hybridized carbons (Fsp3) is 0.118. The number of rotatable bonds is 2. The van der Waals surface area contributed by atoms with Gasteiger partial charge >= 0.3 is 0 Å². The van der Waals surface area contributed by atoms with Gasteiger partial charge in [-0.15, -0.1) is 0 Å². The second kappa shape index (κ2) is 5.25. The molecule has 100 valence electrons.